The maximum absolute atomic E-state index is 11.4. The average Bonchev–Trinajstić information content (AvgIpc) is 3.60. The minimum Gasteiger partial charge on any atom is -0.381 e. The Labute approximate surface area is 540 Å². The van der Waals surface area contributed by atoms with E-state index in [9.17, 15) is 16.8 Å². The quantitative estimate of drug-likeness (QED) is 0.213. The summed E-state index contributed by atoms with van der Waals surface area (Å²) >= 11 is 8.15. The van der Waals surface area contributed by atoms with Crippen molar-refractivity contribution in [2.45, 2.75) is 239 Å². The summed E-state index contributed by atoms with van der Waals surface area (Å²) < 4.78 is 102. The lowest BCUT2D eigenvalue weighted by molar-refractivity contribution is -0.276. The maximum Gasteiger partial charge on any atom is 0.163 e. The number of hydrogen-bond acceptors (Lipinski definition) is 19. The zero-order chi connectivity index (χ0) is 63.0. The highest BCUT2D eigenvalue weighted by Crippen LogP contribution is 2.36. The topological polar surface area (TPSA) is 170 Å². The van der Waals surface area contributed by atoms with Gasteiger partial charge in [0.25, 0.3) is 0 Å². The normalized spacial score (nSPS) is 33.7. The molecule has 84 heavy (non-hydrogen) atoms. The van der Waals surface area contributed by atoms with Crippen molar-refractivity contribution in [1.29, 1.82) is 0 Å². The third-order valence-electron chi connectivity index (χ3n) is 15.9. The van der Waals surface area contributed by atoms with Crippen LogP contribution in [0.15, 0.2) is 0 Å². The molecule has 0 saturated carbocycles. The molecule has 0 radical (unpaired) electrons. The van der Waals surface area contributed by atoms with Crippen molar-refractivity contribution in [3.63, 3.8) is 0 Å². The fourth-order valence-corrected chi connectivity index (χ4v) is 19.8. The number of thioether (sulfide) groups is 4. The molecule has 0 aromatic carbocycles. The Morgan fingerprint density at radius 1 is 0.429 bits per heavy atom. The van der Waals surface area contributed by atoms with Gasteiger partial charge in [0.1, 0.15) is 6.10 Å². The first-order valence-electron chi connectivity index (χ1n) is 30.8. The Kier molecular flexibility index (Phi) is 48.9. The van der Waals surface area contributed by atoms with Gasteiger partial charge in [-0.1, -0.05) is 27.7 Å². The van der Waals surface area contributed by atoms with Gasteiger partial charge in [-0.05, 0) is 159 Å². The van der Waals surface area contributed by atoms with E-state index in [1.807, 2.05) is 72.4 Å². The van der Waals surface area contributed by atoms with Crippen LogP contribution >= 0.6 is 47.0 Å². The first-order valence-corrected chi connectivity index (χ1v) is 40.8. The van der Waals surface area contributed by atoms with Crippen molar-refractivity contribution in [2.75, 3.05) is 146 Å². The van der Waals surface area contributed by atoms with Gasteiger partial charge < -0.3 is 52.1 Å². The summed E-state index contributed by atoms with van der Waals surface area (Å²) in [6, 6.07) is 0. The van der Waals surface area contributed by atoms with Gasteiger partial charge in [0, 0.05) is 167 Å². The Morgan fingerprint density at radius 2 is 0.917 bits per heavy atom. The summed E-state index contributed by atoms with van der Waals surface area (Å²) in [5.74, 6) is 12.1. The first kappa shape index (κ1) is 83.6. The molecule has 15 nitrogen and oxygen atoms in total. The standard InChI is InChI=1S/C8H16O2S.C8H16OS.C7H14O3.C7H14O2S.C7H14OS.2C6H12O2S.2C6H12OS/c1-8(2)6-7(10-3)4-5-11(8)9;1-8(2)6-7(9-3)4-5-10-8;1-7(2)9-4-6(8-3)5-10-7;1-6-5-7(9-2)3-4-10(6)8;1-6-5-7(8-2)3-4-9-6;1-8-6-2-4-9(7)5-3-6;1-8-6-3-2-4-9(7)5-6;1-7-6-2-4-8-5-3-6;1-7-6-3-2-4-8-5-6/h7H,4-6H2,1-3H3;7H,4-6H2,1-3H3;6H,4-5H2,1-3H3;6-7H,3-5H2,1-2H3;6-7H,3-5H2,1-2H3;2*6H,2-5H2,1H3;2*6H,2-5H2,1H3. The minimum absolute atomic E-state index is 0.0427. The molecule has 0 N–H and O–H groups in total. The molecule has 23 heteroatoms. The maximum atomic E-state index is 11.4. The third-order valence-corrected chi connectivity index (χ3v) is 27.3. The summed E-state index contributed by atoms with van der Waals surface area (Å²) in [7, 11) is 13.4. The van der Waals surface area contributed by atoms with Gasteiger partial charge in [-0.25, -0.2) is 0 Å². The molecule has 0 aromatic heterocycles. The Morgan fingerprint density at radius 3 is 1.35 bits per heavy atom. The van der Waals surface area contributed by atoms with E-state index in [2.05, 4.69) is 44.3 Å². The largest absolute Gasteiger partial charge is 0.381 e. The molecule has 9 aliphatic rings. The van der Waals surface area contributed by atoms with Crippen LogP contribution in [0.3, 0.4) is 0 Å². The van der Waals surface area contributed by atoms with Crippen LogP contribution < -0.4 is 0 Å². The molecule has 9 aliphatic heterocycles. The van der Waals surface area contributed by atoms with E-state index >= 15 is 0 Å². The summed E-state index contributed by atoms with van der Waals surface area (Å²) in [6.45, 7) is 18.1. The number of ether oxygens (including phenoxy) is 11. The fourth-order valence-electron chi connectivity index (χ4n) is 9.93. The molecule has 0 amide bonds. The highest BCUT2D eigenvalue weighted by Gasteiger charge is 2.34. The second kappa shape index (κ2) is 49.2. The molecule has 0 spiro atoms. The molecule has 0 aromatic rings. The van der Waals surface area contributed by atoms with E-state index in [1.165, 1.54) is 85.9 Å². The van der Waals surface area contributed by atoms with Crippen LogP contribution in [0.1, 0.15) is 158 Å². The van der Waals surface area contributed by atoms with Crippen molar-refractivity contribution in [3.05, 3.63) is 0 Å². The van der Waals surface area contributed by atoms with E-state index in [0.717, 1.165) is 91.1 Å². The highest BCUT2D eigenvalue weighted by atomic mass is 32.2. The molecule has 11 unspecified atom stereocenters. The summed E-state index contributed by atoms with van der Waals surface area (Å²) in [5.41, 5.74) is 0. The lowest BCUT2D eigenvalue weighted by Gasteiger charge is -2.34. The molecule has 9 saturated heterocycles. The van der Waals surface area contributed by atoms with Crippen LogP contribution in [0.25, 0.3) is 0 Å². The summed E-state index contributed by atoms with van der Waals surface area (Å²) in [6.07, 6.45) is 21.5. The molecule has 9 rings (SSSR count). The number of methoxy groups -OCH3 is 9. The van der Waals surface area contributed by atoms with Gasteiger partial charge in [0.2, 0.25) is 0 Å². The molecule has 11 atom stereocenters. The van der Waals surface area contributed by atoms with Gasteiger partial charge in [0.05, 0.1) is 62.0 Å². The van der Waals surface area contributed by atoms with E-state index in [4.69, 9.17) is 52.1 Å². The molecule has 504 valence electrons. The van der Waals surface area contributed by atoms with E-state index < -0.39 is 49.0 Å². The van der Waals surface area contributed by atoms with Crippen LogP contribution in [0, 0.1) is 0 Å². The van der Waals surface area contributed by atoms with Crippen LogP contribution in [0.2, 0.25) is 0 Å². The fraction of sp³-hybridized carbons (Fsp3) is 1.00. The first-order chi connectivity index (χ1) is 39.9. The zero-order valence-corrected chi connectivity index (χ0v) is 62.0. The van der Waals surface area contributed by atoms with Crippen molar-refractivity contribution in [1.82, 2.24) is 0 Å². The van der Waals surface area contributed by atoms with Gasteiger partial charge in [0.15, 0.2) is 5.79 Å². The van der Waals surface area contributed by atoms with Gasteiger partial charge in [-0.15, -0.1) is 0 Å². The highest BCUT2D eigenvalue weighted by molar-refractivity contribution is 8.00. The SMILES string of the molecule is COC1CCCS(=O)C1.COC1CCCSC1.COC1CCS(=O)C(C)(C)C1.COC1CCS(=O)C(C)C1.COC1CCS(=O)CC1.COC1CCSC(C)(C)C1.COC1CCSC(C)C1.COC1CCSCC1.COC1COC(C)(C)OC1. The van der Waals surface area contributed by atoms with Crippen LogP contribution in [-0.2, 0) is 95.3 Å². The van der Waals surface area contributed by atoms with Gasteiger partial charge in [-0.3, -0.25) is 16.8 Å². The lowest BCUT2D eigenvalue weighted by atomic mass is 10.0. The monoisotopic (exact) mass is 1350 g/mol. The Balaban J connectivity index is 0.000000473. The molecule has 0 bridgehead atoms. The van der Waals surface area contributed by atoms with E-state index in [1.54, 1.807) is 49.8 Å². The second-order valence-electron chi connectivity index (χ2n) is 24.1. The van der Waals surface area contributed by atoms with E-state index in [0.29, 0.717) is 65.9 Å². The van der Waals surface area contributed by atoms with E-state index in [-0.39, 0.29) is 17.0 Å². The molecular weight excluding hydrogens is 1230 g/mol. The van der Waals surface area contributed by atoms with Gasteiger partial charge >= 0.3 is 0 Å². The molecule has 9 heterocycles. The number of rotatable bonds is 9. The van der Waals surface area contributed by atoms with Crippen molar-refractivity contribution in [3.8, 4) is 0 Å². The van der Waals surface area contributed by atoms with Crippen LogP contribution in [0.4, 0.5) is 0 Å². The predicted octanol–water partition coefficient (Wildman–Crippen LogP) is 11.4. The average molecular weight is 1350 g/mol. The molecule has 9 fully saturated rings. The molecule has 0 aliphatic carbocycles. The van der Waals surface area contributed by atoms with Gasteiger partial charge in [-0.2, -0.15) is 47.0 Å². The minimum atomic E-state index is -0.653. The van der Waals surface area contributed by atoms with Crippen molar-refractivity contribution < 1.29 is 68.9 Å². The predicted molar refractivity (Wildman–Crippen MR) is 365 cm³/mol. The Bertz CT molecular complexity index is 1670. The summed E-state index contributed by atoms with van der Waals surface area (Å²) in [4.78, 5) is 0. The van der Waals surface area contributed by atoms with Crippen molar-refractivity contribution in [2.24, 2.45) is 0 Å². The molecular formula is C61H122O15S8. The van der Waals surface area contributed by atoms with Crippen LogP contribution in [-0.4, -0.2) is 244 Å². The van der Waals surface area contributed by atoms with Crippen LogP contribution in [0.5, 0.6) is 0 Å². The Hall–Kier alpha value is 1.56. The smallest absolute Gasteiger partial charge is 0.163 e. The lowest BCUT2D eigenvalue weighted by Crippen LogP contribution is -2.42. The van der Waals surface area contributed by atoms with Crippen molar-refractivity contribution >= 4 is 90.2 Å². The number of hydrogen-bond donors (Lipinski definition) is 0. The third kappa shape index (κ3) is 40.5. The second-order valence-corrected chi connectivity index (χ2v) is 37.3. The zero-order valence-electron chi connectivity index (χ0n) is 55.5. The summed E-state index contributed by atoms with van der Waals surface area (Å²) in [5, 5.41) is 1.14.